The molecule has 0 radical (unpaired) electrons. The summed E-state index contributed by atoms with van der Waals surface area (Å²) in [7, 11) is -5.02. The van der Waals surface area contributed by atoms with Gasteiger partial charge in [-0.2, -0.15) is 0 Å². The van der Waals surface area contributed by atoms with Gasteiger partial charge in [0.2, 0.25) is 0 Å². The lowest BCUT2D eigenvalue weighted by atomic mass is 9.85. The van der Waals surface area contributed by atoms with Crippen molar-refractivity contribution in [1.29, 1.82) is 0 Å². The Balaban J connectivity index is 2.29. The number of carbonyl (C=O) groups excluding carboxylic acids is 1. The Kier molecular flexibility index (Phi) is 42.1. The van der Waals surface area contributed by atoms with E-state index in [1.165, 1.54) is 180 Å². The van der Waals surface area contributed by atoms with Gasteiger partial charge in [0.25, 0.3) is 0 Å². The molecule has 13 heteroatoms. The highest BCUT2D eigenvalue weighted by atomic mass is 31.2. The van der Waals surface area contributed by atoms with Crippen LogP contribution in [0.25, 0.3) is 0 Å². The Morgan fingerprint density at radius 2 is 0.803 bits per heavy atom. The molecule has 0 spiro atoms. The lowest BCUT2D eigenvalue weighted by molar-refractivity contribution is -0.220. The molecule has 392 valence electrons. The van der Waals surface area contributed by atoms with Gasteiger partial charge < -0.3 is 39.9 Å². The largest absolute Gasteiger partial charge is 0.472 e. The van der Waals surface area contributed by atoms with Crippen molar-refractivity contribution in [3.8, 4) is 0 Å². The van der Waals surface area contributed by atoms with Crippen molar-refractivity contribution in [3.63, 3.8) is 0 Å². The minimum absolute atomic E-state index is 0.0748. The van der Waals surface area contributed by atoms with Crippen LogP contribution in [0.4, 0.5) is 0 Å². The minimum Gasteiger partial charge on any atom is -0.457 e. The van der Waals surface area contributed by atoms with Crippen LogP contribution in [0.3, 0.4) is 0 Å². The number of rotatable bonds is 48. The van der Waals surface area contributed by atoms with Gasteiger partial charge in [-0.25, -0.2) is 4.57 Å². The van der Waals surface area contributed by atoms with Gasteiger partial charge in [0.15, 0.2) is 0 Å². The fourth-order valence-electron chi connectivity index (χ4n) is 8.77. The zero-order valence-corrected chi connectivity index (χ0v) is 43.2. The number of esters is 1. The Morgan fingerprint density at radius 1 is 0.470 bits per heavy atom. The first-order chi connectivity index (χ1) is 32.0. The summed E-state index contributed by atoms with van der Waals surface area (Å²) in [5.74, 6) is -0.472. The number of hydrogen-bond acceptors (Lipinski definition) is 11. The number of allylic oxidation sites excluding steroid dienone is 2. The quantitative estimate of drug-likeness (QED) is 0.0147. The first-order valence-corrected chi connectivity index (χ1v) is 29.0. The molecule has 1 saturated carbocycles. The van der Waals surface area contributed by atoms with E-state index in [1.54, 1.807) is 0 Å². The number of carbonyl (C=O) groups is 1. The number of hydrogen-bond donors (Lipinski definition) is 6. The Hall–Kier alpha value is -0.920. The molecule has 6 unspecified atom stereocenters. The number of aliphatic hydroxyl groups excluding tert-OH is 5. The lowest BCUT2D eigenvalue weighted by Gasteiger charge is -2.41. The molecule has 12 nitrogen and oxygen atoms in total. The molecule has 0 aromatic heterocycles. The number of phosphoric ester groups is 1. The molecule has 0 aliphatic heterocycles. The number of ether oxygens (including phenoxy) is 2. The van der Waals surface area contributed by atoms with Crippen molar-refractivity contribution < 1.29 is 58.3 Å². The van der Waals surface area contributed by atoms with Gasteiger partial charge in [0.1, 0.15) is 42.7 Å². The molecule has 0 aromatic rings. The molecule has 66 heavy (non-hydrogen) atoms. The van der Waals surface area contributed by atoms with Gasteiger partial charge >= 0.3 is 13.8 Å². The highest BCUT2D eigenvalue weighted by Crippen LogP contribution is 2.47. The topological polar surface area (TPSA) is 192 Å². The third-order valence-corrected chi connectivity index (χ3v) is 14.1. The highest BCUT2D eigenvalue weighted by Gasteiger charge is 2.51. The highest BCUT2D eigenvalue weighted by molar-refractivity contribution is 7.47. The lowest BCUT2D eigenvalue weighted by Crippen LogP contribution is -2.64. The van der Waals surface area contributed by atoms with Crippen molar-refractivity contribution in [1.82, 2.24) is 0 Å². The molecule has 1 fully saturated rings. The predicted octanol–water partition coefficient (Wildman–Crippen LogP) is 12.7. The smallest absolute Gasteiger partial charge is 0.457 e. The van der Waals surface area contributed by atoms with Crippen molar-refractivity contribution >= 4 is 13.8 Å². The van der Waals surface area contributed by atoms with Gasteiger partial charge in [-0.05, 0) is 38.5 Å². The monoisotopic (exact) mass is 963 g/mol. The molecule has 0 saturated heterocycles. The minimum atomic E-state index is -5.02. The SMILES string of the molecule is CCCCCCCCC/C=C\CCCCCCCCOCC(COP(=O)(O)OC1C(O)C(O)C(O)C(O)C1O)OC(=O)CCCCCCCCCCCCCCCCCCCCCCCC. The van der Waals surface area contributed by atoms with Crippen LogP contribution in [0.5, 0.6) is 0 Å². The van der Waals surface area contributed by atoms with Crippen molar-refractivity contribution in [2.45, 2.75) is 301 Å². The second-order valence-corrected chi connectivity index (χ2v) is 20.8. The maximum Gasteiger partial charge on any atom is 0.472 e. The van der Waals surface area contributed by atoms with Crippen LogP contribution in [0.1, 0.15) is 258 Å². The van der Waals surface area contributed by atoms with Crippen LogP contribution < -0.4 is 0 Å². The van der Waals surface area contributed by atoms with Crippen LogP contribution >= 0.6 is 7.82 Å². The summed E-state index contributed by atoms with van der Waals surface area (Å²) in [4.78, 5) is 23.3. The van der Waals surface area contributed by atoms with Crippen LogP contribution in [-0.2, 0) is 27.9 Å². The third kappa shape index (κ3) is 35.2. The van der Waals surface area contributed by atoms with E-state index in [0.717, 1.165) is 51.4 Å². The summed E-state index contributed by atoms with van der Waals surface area (Å²) in [5.41, 5.74) is 0. The standard InChI is InChI=1S/C53H103O12P/c1-3-5-7-9-11-13-15-17-19-21-22-23-24-25-26-28-30-32-34-36-38-40-42-47(54)64-46(45-63-66(60,61)65-53-51(58)49(56)48(55)50(57)52(53)59)44-62-43-41-39-37-35-33-31-29-27-20-18-16-14-12-10-8-6-4-2/h20,27,46,48-53,55-59H,3-19,21-26,28-45H2,1-2H3,(H,60,61)/b27-20-. The van der Waals surface area contributed by atoms with Crippen molar-refractivity contribution in [3.05, 3.63) is 12.2 Å². The summed E-state index contributed by atoms with van der Waals surface area (Å²) < 4.78 is 34.3. The number of phosphoric acid groups is 1. The van der Waals surface area contributed by atoms with E-state index in [9.17, 15) is 39.8 Å². The second kappa shape index (κ2) is 44.1. The molecular weight excluding hydrogens is 860 g/mol. The summed E-state index contributed by atoms with van der Waals surface area (Å²) >= 11 is 0. The summed E-state index contributed by atoms with van der Waals surface area (Å²) in [6.45, 7) is 4.30. The average molecular weight is 963 g/mol. The molecule has 0 amide bonds. The number of aliphatic hydroxyl groups is 5. The molecule has 1 aliphatic carbocycles. The zero-order chi connectivity index (χ0) is 48.4. The summed E-state index contributed by atoms with van der Waals surface area (Å²) in [6, 6.07) is 0. The Labute approximate surface area is 403 Å². The fraction of sp³-hybridized carbons (Fsp3) is 0.943. The molecule has 1 rings (SSSR count). The molecule has 0 aromatic carbocycles. The molecule has 1 aliphatic rings. The third-order valence-electron chi connectivity index (χ3n) is 13.1. The second-order valence-electron chi connectivity index (χ2n) is 19.4. The number of unbranched alkanes of at least 4 members (excludes halogenated alkanes) is 34. The molecule has 0 heterocycles. The Bertz CT molecular complexity index is 1140. The van der Waals surface area contributed by atoms with E-state index in [2.05, 4.69) is 26.0 Å². The first kappa shape index (κ1) is 63.1. The molecule has 6 atom stereocenters. The Morgan fingerprint density at radius 3 is 1.20 bits per heavy atom. The van der Waals surface area contributed by atoms with E-state index in [-0.39, 0.29) is 13.0 Å². The van der Waals surface area contributed by atoms with E-state index in [4.69, 9.17) is 18.5 Å². The maximum atomic E-state index is 12.9. The maximum absolute atomic E-state index is 12.9. The fourth-order valence-corrected chi connectivity index (χ4v) is 9.74. The van der Waals surface area contributed by atoms with Crippen molar-refractivity contribution in [2.75, 3.05) is 19.8 Å². The molecule has 6 N–H and O–H groups in total. The van der Waals surface area contributed by atoms with Crippen LogP contribution in [0, 0.1) is 0 Å². The molecular formula is C53H103O12P. The average Bonchev–Trinajstić information content (AvgIpc) is 3.30. The van der Waals surface area contributed by atoms with E-state index in [1.807, 2.05) is 0 Å². The zero-order valence-electron chi connectivity index (χ0n) is 42.3. The van der Waals surface area contributed by atoms with E-state index in [0.29, 0.717) is 13.0 Å². The van der Waals surface area contributed by atoms with Gasteiger partial charge in [-0.1, -0.05) is 225 Å². The van der Waals surface area contributed by atoms with Crippen molar-refractivity contribution in [2.24, 2.45) is 0 Å². The first-order valence-electron chi connectivity index (χ1n) is 27.5. The van der Waals surface area contributed by atoms with Gasteiger partial charge in [0.05, 0.1) is 13.2 Å². The van der Waals surface area contributed by atoms with Gasteiger partial charge in [0, 0.05) is 13.0 Å². The van der Waals surface area contributed by atoms with Gasteiger partial charge in [-0.3, -0.25) is 13.8 Å². The van der Waals surface area contributed by atoms with Crippen LogP contribution in [-0.4, -0.2) is 98.9 Å². The molecule has 0 bridgehead atoms. The van der Waals surface area contributed by atoms with Crippen LogP contribution in [0.2, 0.25) is 0 Å². The van der Waals surface area contributed by atoms with E-state index < -0.39 is 63.1 Å². The normalized spacial score (nSPS) is 21.4. The summed E-state index contributed by atoms with van der Waals surface area (Å²) in [6.07, 6.45) is 38.5. The van der Waals surface area contributed by atoms with E-state index >= 15 is 0 Å². The van der Waals surface area contributed by atoms with Crippen LogP contribution in [0.15, 0.2) is 12.2 Å². The summed E-state index contributed by atoms with van der Waals surface area (Å²) in [5, 5.41) is 50.3. The predicted molar refractivity (Wildman–Crippen MR) is 267 cm³/mol. The van der Waals surface area contributed by atoms with Gasteiger partial charge in [-0.15, -0.1) is 0 Å².